The molecular formula is C29H42O5. The van der Waals surface area contributed by atoms with Crippen molar-refractivity contribution in [2.24, 2.45) is 39.4 Å². The van der Waals surface area contributed by atoms with E-state index in [0.717, 1.165) is 44.1 Å². The summed E-state index contributed by atoms with van der Waals surface area (Å²) in [4.78, 5) is 25.8. The van der Waals surface area contributed by atoms with Crippen LogP contribution in [0.1, 0.15) is 86.5 Å². The molecule has 0 amide bonds. The first-order valence-corrected chi connectivity index (χ1v) is 13.1. The predicted octanol–water partition coefficient (Wildman–Crippen LogP) is 4.76. The lowest BCUT2D eigenvalue weighted by Crippen LogP contribution is -2.67. The van der Waals surface area contributed by atoms with Crippen molar-refractivity contribution in [3.8, 4) is 0 Å². The van der Waals surface area contributed by atoms with Crippen molar-refractivity contribution in [1.82, 2.24) is 0 Å². The van der Waals surface area contributed by atoms with Crippen molar-refractivity contribution in [3.05, 3.63) is 23.3 Å². The van der Waals surface area contributed by atoms with Crippen molar-refractivity contribution >= 4 is 11.6 Å². The van der Waals surface area contributed by atoms with Gasteiger partial charge in [-0.1, -0.05) is 40.7 Å². The summed E-state index contributed by atoms with van der Waals surface area (Å²) in [5.74, 6) is -1.47. The highest BCUT2D eigenvalue weighted by atomic mass is 16.6. The van der Waals surface area contributed by atoms with Gasteiger partial charge in [-0.25, -0.2) is 0 Å². The van der Waals surface area contributed by atoms with Gasteiger partial charge in [0.15, 0.2) is 0 Å². The second kappa shape index (κ2) is 6.92. The Morgan fingerprint density at radius 3 is 2.18 bits per heavy atom. The van der Waals surface area contributed by atoms with Gasteiger partial charge in [-0.05, 0) is 96.2 Å². The Morgan fingerprint density at radius 1 is 0.912 bits per heavy atom. The van der Waals surface area contributed by atoms with Crippen LogP contribution in [0.3, 0.4) is 0 Å². The Labute approximate surface area is 204 Å². The number of methoxy groups -OCH3 is 1. The molecule has 0 unspecified atom stereocenters. The molecule has 2 N–H and O–H groups in total. The van der Waals surface area contributed by atoms with Gasteiger partial charge in [-0.15, -0.1) is 0 Å². The van der Waals surface area contributed by atoms with E-state index in [9.17, 15) is 19.8 Å². The van der Waals surface area contributed by atoms with Crippen molar-refractivity contribution in [3.63, 3.8) is 0 Å². The quantitative estimate of drug-likeness (QED) is 0.540. The molecule has 5 aliphatic rings. The number of ether oxygens (including phenoxy) is 1. The molecule has 0 spiro atoms. The molecule has 3 fully saturated rings. The zero-order chi connectivity index (χ0) is 25.1. The summed E-state index contributed by atoms with van der Waals surface area (Å²) in [6, 6.07) is 0. The molecule has 5 rings (SSSR count). The standard InChI is InChI=1S/C29H42O5/c1-17-14-22-24(2,16-20(17)30)10-12-26(4)21-9-8-18-19(25(21,3)11-13-27(22,26)5)15-23(31)29(33,34-7)28(18,6)32/h8,15,17,21-22,32-33H,9-14,16H2,1-7H3/t17-,21+,22-,24+,25+,26-,27+,28-,29-/m1/s1. The predicted molar refractivity (Wildman–Crippen MR) is 130 cm³/mol. The first kappa shape index (κ1) is 24.4. The highest BCUT2D eigenvalue weighted by Gasteiger charge is 2.70. The molecule has 9 atom stereocenters. The normalized spacial score (nSPS) is 54.8. The van der Waals surface area contributed by atoms with Crippen molar-refractivity contribution < 1.29 is 24.5 Å². The van der Waals surface area contributed by atoms with Crippen LogP contribution in [0.5, 0.6) is 0 Å². The Kier molecular flexibility index (Phi) is 4.97. The first-order chi connectivity index (χ1) is 15.6. The van der Waals surface area contributed by atoms with Crippen LogP contribution < -0.4 is 0 Å². The second-order valence-corrected chi connectivity index (χ2v) is 13.5. The molecule has 0 aromatic rings. The molecule has 0 bridgehead atoms. The third-order valence-corrected chi connectivity index (χ3v) is 12.1. The SMILES string of the molecule is CO[C@]1(O)C(=O)C=C2C(=CC[C@H]3[C@@]2(C)CC[C@@]2(C)[C@@H]4C[C@@H](C)C(=O)C[C@]4(C)CC[C@]32C)[C@@]1(C)O. The summed E-state index contributed by atoms with van der Waals surface area (Å²) in [6.07, 6.45) is 10.2. The van der Waals surface area contributed by atoms with E-state index in [0.29, 0.717) is 29.6 Å². The summed E-state index contributed by atoms with van der Waals surface area (Å²) in [5, 5.41) is 22.4. The molecule has 0 radical (unpaired) electrons. The minimum atomic E-state index is -2.27. The topological polar surface area (TPSA) is 83.8 Å². The van der Waals surface area contributed by atoms with Crippen molar-refractivity contribution in [1.29, 1.82) is 0 Å². The van der Waals surface area contributed by atoms with E-state index in [4.69, 9.17) is 4.74 Å². The van der Waals surface area contributed by atoms with E-state index in [2.05, 4.69) is 40.7 Å². The number of rotatable bonds is 1. The van der Waals surface area contributed by atoms with Crippen LogP contribution >= 0.6 is 0 Å². The van der Waals surface area contributed by atoms with Crippen molar-refractivity contribution in [2.45, 2.75) is 97.9 Å². The van der Waals surface area contributed by atoms with E-state index in [-0.39, 0.29) is 27.6 Å². The number of carbonyl (C=O) groups is 2. The smallest absolute Gasteiger partial charge is 0.264 e. The number of ketones is 2. The Hall–Kier alpha value is -1.30. The number of hydrogen-bond donors (Lipinski definition) is 2. The molecule has 0 saturated heterocycles. The van der Waals surface area contributed by atoms with Gasteiger partial charge in [-0.2, -0.15) is 0 Å². The minimum Gasteiger partial charge on any atom is -0.379 e. The minimum absolute atomic E-state index is 0.0526. The van der Waals surface area contributed by atoms with E-state index < -0.39 is 17.2 Å². The van der Waals surface area contributed by atoms with E-state index >= 15 is 0 Å². The van der Waals surface area contributed by atoms with E-state index in [1.165, 1.54) is 14.0 Å². The molecule has 5 heteroatoms. The molecule has 5 aliphatic carbocycles. The van der Waals surface area contributed by atoms with Crippen LogP contribution in [0.4, 0.5) is 0 Å². The number of aliphatic hydroxyl groups is 2. The van der Waals surface area contributed by atoms with Crippen LogP contribution in [0.2, 0.25) is 0 Å². The summed E-state index contributed by atoms with van der Waals surface area (Å²) < 4.78 is 5.18. The average molecular weight is 471 g/mol. The zero-order valence-electron chi connectivity index (χ0n) is 22.0. The first-order valence-electron chi connectivity index (χ1n) is 13.1. The van der Waals surface area contributed by atoms with Crippen LogP contribution in [0.25, 0.3) is 0 Å². The van der Waals surface area contributed by atoms with Gasteiger partial charge in [0.2, 0.25) is 5.78 Å². The summed E-state index contributed by atoms with van der Waals surface area (Å²) in [7, 11) is 1.27. The maximum absolute atomic E-state index is 13.1. The third kappa shape index (κ3) is 2.62. The Balaban J connectivity index is 1.61. The fourth-order valence-electron chi connectivity index (χ4n) is 9.56. The second-order valence-electron chi connectivity index (χ2n) is 13.5. The monoisotopic (exact) mass is 470 g/mol. The summed E-state index contributed by atoms with van der Waals surface area (Å²) in [5.41, 5.74) is -0.319. The largest absolute Gasteiger partial charge is 0.379 e. The lowest BCUT2D eigenvalue weighted by atomic mass is 9.33. The molecule has 0 aromatic carbocycles. The fraction of sp³-hybridized carbons (Fsp3) is 0.793. The van der Waals surface area contributed by atoms with Gasteiger partial charge in [0.05, 0.1) is 0 Å². The summed E-state index contributed by atoms with van der Waals surface area (Å²) in [6.45, 7) is 13.2. The molecule has 3 saturated carbocycles. The van der Waals surface area contributed by atoms with E-state index in [1.807, 2.05) is 0 Å². The fourth-order valence-corrected chi connectivity index (χ4v) is 9.56. The van der Waals surface area contributed by atoms with Gasteiger partial charge >= 0.3 is 0 Å². The van der Waals surface area contributed by atoms with Gasteiger partial charge in [-0.3, -0.25) is 9.59 Å². The number of carbonyl (C=O) groups excluding carboxylic acids is 2. The zero-order valence-corrected chi connectivity index (χ0v) is 22.0. The van der Waals surface area contributed by atoms with Crippen LogP contribution in [-0.2, 0) is 14.3 Å². The third-order valence-electron chi connectivity index (χ3n) is 12.1. The van der Waals surface area contributed by atoms with Crippen LogP contribution in [-0.4, -0.2) is 40.3 Å². The summed E-state index contributed by atoms with van der Waals surface area (Å²) >= 11 is 0. The highest BCUT2D eigenvalue weighted by Crippen LogP contribution is 2.75. The van der Waals surface area contributed by atoms with Gasteiger partial charge in [0, 0.05) is 19.4 Å². The van der Waals surface area contributed by atoms with Crippen LogP contribution in [0, 0.1) is 39.4 Å². The average Bonchev–Trinajstić information content (AvgIpc) is 2.76. The van der Waals surface area contributed by atoms with Crippen molar-refractivity contribution in [2.75, 3.05) is 7.11 Å². The lowest BCUT2D eigenvalue weighted by molar-refractivity contribution is -0.255. The van der Waals surface area contributed by atoms with Gasteiger partial charge in [0.25, 0.3) is 5.79 Å². The van der Waals surface area contributed by atoms with Crippen LogP contribution in [0.15, 0.2) is 23.3 Å². The molecule has 34 heavy (non-hydrogen) atoms. The molecular weight excluding hydrogens is 428 g/mol. The maximum atomic E-state index is 13.1. The van der Waals surface area contributed by atoms with Gasteiger partial charge < -0.3 is 14.9 Å². The molecule has 0 aromatic heterocycles. The highest BCUT2D eigenvalue weighted by molar-refractivity contribution is 6.01. The number of Topliss-reactive ketones (excluding diaryl/α,β-unsaturated/α-hetero) is 1. The molecule has 0 aliphatic heterocycles. The maximum Gasteiger partial charge on any atom is 0.264 e. The van der Waals surface area contributed by atoms with Gasteiger partial charge in [0.1, 0.15) is 11.4 Å². The Morgan fingerprint density at radius 2 is 1.53 bits per heavy atom. The number of allylic oxidation sites excluding steroid dienone is 1. The lowest BCUT2D eigenvalue weighted by Gasteiger charge is -2.71. The molecule has 0 heterocycles. The van der Waals surface area contributed by atoms with E-state index in [1.54, 1.807) is 6.08 Å². The number of fused-ring (bicyclic) bond motifs is 7. The molecule has 5 nitrogen and oxygen atoms in total. The molecule has 188 valence electrons. The number of hydrogen-bond acceptors (Lipinski definition) is 5. The Bertz CT molecular complexity index is 1020.